The topological polar surface area (TPSA) is 98.5 Å². The van der Waals surface area contributed by atoms with Gasteiger partial charge in [-0.3, -0.25) is 4.79 Å². The molecule has 2 aliphatic rings. The molecule has 1 aliphatic carbocycles. The standard InChI is InChI=1S/C17H18N4O4/c1-23-12-7-6-9(8-13(12)24-2)15-14-10(4-3-5-11(14)22)18-16-17(19-15)21-25-20-16/h6-8,15H,3-5H2,1-2H3,(H,18,20)(H,19,21)/t15-/m0/s1. The molecule has 1 aromatic carbocycles. The molecule has 0 unspecified atom stereocenters. The summed E-state index contributed by atoms with van der Waals surface area (Å²) >= 11 is 0. The van der Waals surface area contributed by atoms with Gasteiger partial charge in [-0.1, -0.05) is 6.07 Å². The smallest absolute Gasteiger partial charge is 0.219 e. The van der Waals surface area contributed by atoms with Crippen LogP contribution in [0.4, 0.5) is 11.6 Å². The predicted molar refractivity (Wildman–Crippen MR) is 89.7 cm³/mol. The number of Topliss-reactive ketones (excluding diaryl/α,β-unsaturated/α-hetero) is 1. The molecule has 8 heteroatoms. The van der Waals surface area contributed by atoms with Crippen molar-refractivity contribution < 1.29 is 18.9 Å². The number of ether oxygens (including phenoxy) is 2. The zero-order valence-electron chi connectivity index (χ0n) is 14.0. The van der Waals surface area contributed by atoms with E-state index in [1.807, 2.05) is 18.2 Å². The van der Waals surface area contributed by atoms with Crippen LogP contribution in [0.5, 0.6) is 11.5 Å². The molecule has 0 amide bonds. The third-order valence-corrected chi connectivity index (χ3v) is 4.52. The van der Waals surface area contributed by atoms with Crippen LogP contribution in [0.3, 0.4) is 0 Å². The number of anilines is 2. The van der Waals surface area contributed by atoms with E-state index in [0.29, 0.717) is 35.1 Å². The van der Waals surface area contributed by atoms with Crippen molar-refractivity contribution in [3.63, 3.8) is 0 Å². The summed E-state index contributed by atoms with van der Waals surface area (Å²) in [6.07, 6.45) is 2.12. The van der Waals surface area contributed by atoms with Crippen LogP contribution in [-0.4, -0.2) is 30.3 Å². The number of carbonyl (C=O) groups excluding carboxylic acids is 1. The van der Waals surface area contributed by atoms with Gasteiger partial charge in [0.15, 0.2) is 17.3 Å². The maximum atomic E-state index is 12.7. The van der Waals surface area contributed by atoms with Gasteiger partial charge in [0.2, 0.25) is 11.6 Å². The minimum absolute atomic E-state index is 0.114. The van der Waals surface area contributed by atoms with Crippen LogP contribution in [0.1, 0.15) is 30.9 Å². The van der Waals surface area contributed by atoms with Gasteiger partial charge < -0.3 is 20.1 Å². The number of aromatic nitrogens is 2. The molecule has 2 N–H and O–H groups in total. The van der Waals surface area contributed by atoms with Crippen LogP contribution in [0.25, 0.3) is 0 Å². The van der Waals surface area contributed by atoms with Gasteiger partial charge in [-0.25, -0.2) is 4.63 Å². The molecule has 4 rings (SSSR count). The van der Waals surface area contributed by atoms with Crippen molar-refractivity contribution in [2.24, 2.45) is 0 Å². The molecule has 2 heterocycles. The highest BCUT2D eigenvalue weighted by Gasteiger charge is 2.34. The second-order valence-electron chi connectivity index (χ2n) is 5.95. The molecular formula is C17H18N4O4. The summed E-state index contributed by atoms with van der Waals surface area (Å²) in [5, 5.41) is 14.2. The average Bonchev–Trinajstić information content (AvgIpc) is 3.00. The number of methoxy groups -OCH3 is 2. The maximum Gasteiger partial charge on any atom is 0.219 e. The SMILES string of the molecule is COc1ccc([C@@H]2Nc3nonc3NC3=C2C(=O)CCC3)cc1OC. The molecule has 1 atom stereocenters. The molecule has 0 saturated heterocycles. The molecule has 0 bridgehead atoms. The van der Waals surface area contributed by atoms with Crippen LogP contribution in [0.15, 0.2) is 34.1 Å². The Labute approximate surface area is 144 Å². The Hall–Kier alpha value is -3.03. The molecule has 8 nitrogen and oxygen atoms in total. The zero-order chi connectivity index (χ0) is 17.4. The fraction of sp³-hybridized carbons (Fsp3) is 0.353. The van der Waals surface area contributed by atoms with E-state index in [1.54, 1.807) is 14.2 Å². The largest absolute Gasteiger partial charge is 0.493 e. The first kappa shape index (κ1) is 15.5. The average molecular weight is 342 g/mol. The van der Waals surface area contributed by atoms with Crippen molar-refractivity contribution in [3.8, 4) is 11.5 Å². The van der Waals surface area contributed by atoms with E-state index in [9.17, 15) is 4.79 Å². The molecule has 1 aliphatic heterocycles. The van der Waals surface area contributed by atoms with Crippen LogP contribution < -0.4 is 20.1 Å². The minimum atomic E-state index is -0.372. The van der Waals surface area contributed by atoms with Crippen molar-refractivity contribution >= 4 is 17.4 Å². The fourth-order valence-corrected chi connectivity index (χ4v) is 3.33. The lowest BCUT2D eigenvalue weighted by Gasteiger charge is -2.25. The first-order valence-corrected chi connectivity index (χ1v) is 8.05. The summed E-state index contributed by atoms with van der Waals surface area (Å²) in [5.74, 6) is 2.31. The maximum absolute atomic E-state index is 12.7. The molecule has 130 valence electrons. The van der Waals surface area contributed by atoms with Crippen molar-refractivity contribution in [2.45, 2.75) is 25.3 Å². The van der Waals surface area contributed by atoms with Gasteiger partial charge >= 0.3 is 0 Å². The quantitative estimate of drug-likeness (QED) is 0.878. The van der Waals surface area contributed by atoms with Crippen molar-refractivity contribution in [1.29, 1.82) is 0 Å². The van der Waals surface area contributed by atoms with Crippen molar-refractivity contribution in [2.75, 3.05) is 24.9 Å². The lowest BCUT2D eigenvalue weighted by Crippen LogP contribution is -2.23. The van der Waals surface area contributed by atoms with Crippen LogP contribution >= 0.6 is 0 Å². The van der Waals surface area contributed by atoms with E-state index in [1.165, 1.54) is 0 Å². The number of carbonyl (C=O) groups is 1. The van der Waals surface area contributed by atoms with Gasteiger partial charge in [0, 0.05) is 17.7 Å². The van der Waals surface area contributed by atoms with Crippen molar-refractivity contribution in [3.05, 3.63) is 35.0 Å². The number of rotatable bonds is 3. The lowest BCUT2D eigenvalue weighted by molar-refractivity contribution is -0.116. The third-order valence-electron chi connectivity index (χ3n) is 4.52. The Bertz CT molecular complexity index is 858. The van der Waals surface area contributed by atoms with Gasteiger partial charge in [-0.2, -0.15) is 0 Å². The number of hydrogen-bond donors (Lipinski definition) is 2. The second-order valence-corrected chi connectivity index (χ2v) is 5.95. The monoisotopic (exact) mass is 342 g/mol. The molecule has 0 fully saturated rings. The summed E-state index contributed by atoms with van der Waals surface area (Å²) in [6, 6.07) is 5.22. The van der Waals surface area contributed by atoms with Crippen LogP contribution in [0.2, 0.25) is 0 Å². The highest BCUT2D eigenvalue weighted by atomic mass is 16.6. The molecule has 2 aromatic rings. The molecular weight excluding hydrogens is 324 g/mol. The van der Waals surface area contributed by atoms with Crippen LogP contribution in [-0.2, 0) is 4.79 Å². The Kier molecular flexibility index (Phi) is 3.79. The Morgan fingerprint density at radius 3 is 2.72 bits per heavy atom. The van der Waals surface area contributed by atoms with E-state index in [-0.39, 0.29) is 11.8 Å². The third kappa shape index (κ3) is 2.59. The van der Waals surface area contributed by atoms with Gasteiger partial charge in [-0.05, 0) is 40.9 Å². The normalized spacial score (nSPS) is 19.3. The van der Waals surface area contributed by atoms with E-state index >= 15 is 0 Å². The number of fused-ring (bicyclic) bond motifs is 1. The molecule has 1 aromatic heterocycles. The fourth-order valence-electron chi connectivity index (χ4n) is 3.33. The summed E-state index contributed by atoms with van der Waals surface area (Å²) in [4.78, 5) is 12.7. The number of benzene rings is 1. The Morgan fingerprint density at radius 1 is 1.12 bits per heavy atom. The van der Waals surface area contributed by atoms with E-state index < -0.39 is 0 Å². The number of nitrogens with one attached hydrogen (secondary N) is 2. The highest BCUT2D eigenvalue weighted by Crippen LogP contribution is 2.41. The summed E-state index contributed by atoms with van der Waals surface area (Å²) < 4.78 is 15.5. The number of ketones is 1. The minimum Gasteiger partial charge on any atom is -0.493 e. The second kappa shape index (κ2) is 6.12. The Balaban J connectivity index is 1.84. The number of allylic oxidation sites excluding steroid dienone is 1. The van der Waals surface area contributed by atoms with E-state index in [4.69, 9.17) is 14.1 Å². The van der Waals surface area contributed by atoms with Crippen LogP contribution in [0, 0.1) is 0 Å². The molecule has 25 heavy (non-hydrogen) atoms. The Morgan fingerprint density at radius 2 is 1.92 bits per heavy atom. The van der Waals surface area contributed by atoms with Gasteiger partial charge in [0.1, 0.15) is 0 Å². The number of hydrogen-bond acceptors (Lipinski definition) is 8. The zero-order valence-corrected chi connectivity index (χ0v) is 14.0. The molecule has 0 radical (unpaired) electrons. The summed E-state index contributed by atoms with van der Waals surface area (Å²) in [6.45, 7) is 0. The van der Waals surface area contributed by atoms with E-state index in [2.05, 4.69) is 20.9 Å². The molecule has 0 spiro atoms. The summed E-state index contributed by atoms with van der Waals surface area (Å²) in [5.41, 5.74) is 2.44. The first-order valence-electron chi connectivity index (χ1n) is 8.05. The molecule has 0 saturated carbocycles. The lowest BCUT2D eigenvalue weighted by atomic mass is 9.86. The first-order chi connectivity index (χ1) is 12.2. The van der Waals surface area contributed by atoms with Gasteiger partial charge in [0.25, 0.3) is 0 Å². The highest BCUT2D eigenvalue weighted by molar-refractivity contribution is 6.00. The summed E-state index contributed by atoms with van der Waals surface area (Å²) in [7, 11) is 3.17. The van der Waals surface area contributed by atoms with Gasteiger partial charge in [0.05, 0.1) is 20.3 Å². The number of nitrogens with zero attached hydrogens (tertiary/aromatic N) is 2. The van der Waals surface area contributed by atoms with E-state index in [0.717, 1.165) is 24.1 Å². The van der Waals surface area contributed by atoms with Crippen molar-refractivity contribution in [1.82, 2.24) is 10.3 Å². The van der Waals surface area contributed by atoms with Gasteiger partial charge in [-0.15, -0.1) is 0 Å². The predicted octanol–water partition coefficient (Wildman–Crippen LogP) is 2.67.